The van der Waals surface area contributed by atoms with Gasteiger partial charge in [-0.2, -0.15) is 9.82 Å². The normalized spacial score (nSPS) is 12.2. The van der Waals surface area contributed by atoms with Gasteiger partial charge in [-0.1, -0.05) is 18.2 Å². The first-order valence-corrected chi connectivity index (χ1v) is 9.77. The number of carbonyl (C=O) groups is 2. The maximum Gasteiger partial charge on any atom is 0.321 e. The summed E-state index contributed by atoms with van der Waals surface area (Å²) in [4.78, 5) is 23.6. The summed E-state index contributed by atoms with van der Waals surface area (Å²) < 4.78 is 37.4. The molecular weight excluding hydrogens is 388 g/mol. The Kier molecular flexibility index (Phi) is 7.12. The van der Waals surface area contributed by atoms with E-state index in [0.29, 0.717) is 5.75 Å². The highest BCUT2D eigenvalue weighted by molar-refractivity contribution is 7.89. The number of amides is 1. The van der Waals surface area contributed by atoms with Crippen LogP contribution in [0.15, 0.2) is 41.6 Å². The number of aryl methyl sites for hydroxylation is 1. The molecule has 0 aliphatic carbocycles. The molecular formula is C17H22N4O6S. The molecule has 1 aromatic heterocycles. The smallest absolute Gasteiger partial charge is 0.321 e. The van der Waals surface area contributed by atoms with Crippen molar-refractivity contribution in [2.75, 3.05) is 20.3 Å². The summed E-state index contributed by atoms with van der Waals surface area (Å²) in [7, 11) is -0.788. The molecule has 11 heteroatoms. The van der Waals surface area contributed by atoms with E-state index in [1.807, 2.05) is 18.2 Å². The minimum atomic E-state index is -3.88. The van der Waals surface area contributed by atoms with Crippen LogP contribution in [-0.2, 0) is 31.4 Å². The Morgan fingerprint density at radius 2 is 2.00 bits per heavy atom. The summed E-state index contributed by atoms with van der Waals surface area (Å²) in [5.74, 6) is -0.786. The van der Waals surface area contributed by atoms with Gasteiger partial charge in [0.15, 0.2) is 6.61 Å². The van der Waals surface area contributed by atoms with Gasteiger partial charge in [-0.05, 0) is 13.0 Å². The number of aromatic nitrogens is 2. The predicted octanol–water partition coefficient (Wildman–Crippen LogP) is 0.128. The van der Waals surface area contributed by atoms with Crippen molar-refractivity contribution in [3.63, 3.8) is 0 Å². The van der Waals surface area contributed by atoms with Crippen LogP contribution >= 0.6 is 0 Å². The molecule has 152 valence electrons. The number of hydrogen-bond donors (Lipinski definition) is 2. The molecule has 0 radical (unpaired) electrons. The minimum absolute atomic E-state index is 0.0776. The molecule has 1 atom stereocenters. The molecule has 0 saturated heterocycles. The topological polar surface area (TPSA) is 129 Å². The van der Waals surface area contributed by atoms with E-state index < -0.39 is 35.1 Å². The molecule has 1 aromatic carbocycles. The van der Waals surface area contributed by atoms with Crippen molar-refractivity contribution < 1.29 is 27.5 Å². The Balaban J connectivity index is 1.80. The molecule has 0 aliphatic rings. The fraction of sp³-hybridized carbons (Fsp3) is 0.353. The number of hydrogen-bond acceptors (Lipinski definition) is 7. The number of nitrogens with one attached hydrogen (secondary N) is 2. The summed E-state index contributed by atoms with van der Waals surface area (Å²) in [6.07, 6.45) is 2.45. The van der Waals surface area contributed by atoms with Crippen molar-refractivity contribution in [1.29, 1.82) is 0 Å². The number of benzene rings is 1. The van der Waals surface area contributed by atoms with E-state index in [-0.39, 0.29) is 10.9 Å². The van der Waals surface area contributed by atoms with Crippen LogP contribution in [0.1, 0.15) is 18.5 Å². The van der Waals surface area contributed by atoms with Crippen LogP contribution in [0.25, 0.3) is 0 Å². The average molecular weight is 410 g/mol. The number of esters is 1. The van der Waals surface area contributed by atoms with E-state index in [4.69, 9.17) is 9.47 Å². The van der Waals surface area contributed by atoms with Gasteiger partial charge in [0.25, 0.3) is 5.91 Å². The molecule has 1 unspecified atom stereocenters. The highest BCUT2D eigenvalue weighted by Gasteiger charge is 2.19. The number of nitrogens with zero attached hydrogens (tertiary/aromatic N) is 2. The van der Waals surface area contributed by atoms with Crippen molar-refractivity contribution in [3.05, 3.63) is 42.2 Å². The van der Waals surface area contributed by atoms with E-state index >= 15 is 0 Å². The van der Waals surface area contributed by atoms with E-state index in [0.717, 1.165) is 11.8 Å². The standard InChI is InChI=1S/C17H22N4O6S/c1-12(14-6-4-5-7-15(14)26-3)20-16(22)11-27-17(23)9-19-28(24,25)13-8-18-21(2)10-13/h4-8,10,12,19H,9,11H2,1-3H3,(H,20,22). The van der Waals surface area contributed by atoms with Crippen molar-refractivity contribution in [3.8, 4) is 5.75 Å². The summed E-state index contributed by atoms with van der Waals surface area (Å²) >= 11 is 0. The van der Waals surface area contributed by atoms with Crippen molar-refractivity contribution in [2.45, 2.75) is 17.9 Å². The van der Waals surface area contributed by atoms with Crippen LogP contribution in [-0.4, -0.2) is 50.3 Å². The summed E-state index contributed by atoms with van der Waals surface area (Å²) in [5.41, 5.74) is 0.772. The zero-order chi connectivity index (χ0) is 20.7. The highest BCUT2D eigenvalue weighted by atomic mass is 32.2. The summed E-state index contributed by atoms with van der Waals surface area (Å²) in [5, 5.41) is 6.44. The first-order valence-electron chi connectivity index (χ1n) is 8.29. The number of para-hydroxylation sites is 1. The molecule has 0 saturated carbocycles. The van der Waals surface area contributed by atoms with Gasteiger partial charge in [-0.3, -0.25) is 14.3 Å². The quantitative estimate of drug-likeness (QED) is 0.562. The molecule has 1 heterocycles. The largest absolute Gasteiger partial charge is 0.496 e. The fourth-order valence-electron chi connectivity index (χ4n) is 2.36. The second-order valence-electron chi connectivity index (χ2n) is 5.87. The Labute approximate surface area is 162 Å². The third kappa shape index (κ3) is 5.79. The Hall–Kier alpha value is -2.92. The molecule has 10 nitrogen and oxygen atoms in total. The lowest BCUT2D eigenvalue weighted by Gasteiger charge is -2.17. The lowest BCUT2D eigenvalue weighted by Crippen LogP contribution is -2.34. The third-order valence-electron chi connectivity index (χ3n) is 3.75. The molecule has 0 fully saturated rings. The predicted molar refractivity (Wildman–Crippen MR) is 98.9 cm³/mol. The van der Waals surface area contributed by atoms with Gasteiger partial charge < -0.3 is 14.8 Å². The van der Waals surface area contributed by atoms with Crippen LogP contribution in [0.2, 0.25) is 0 Å². The van der Waals surface area contributed by atoms with Crippen molar-refractivity contribution in [1.82, 2.24) is 19.8 Å². The lowest BCUT2D eigenvalue weighted by atomic mass is 10.1. The van der Waals surface area contributed by atoms with Gasteiger partial charge >= 0.3 is 5.97 Å². The zero-order valence-electron chi connectivity index (χ0n) is 15.7. The zero-order valence-corrected chi connectivity index (χ0v) is 16.5. The Morgan fingerprint density at radius 1 is 1.29 bits per heavy atom. The fourth-order valence-corrected chi connectivity index (χ4v) is 3.31. The second kappa shape index (κ2) is 9.33. The minimum Gasteiger partial charge on any atom is -0.496 e. The molecule has 0 aliphatic heterocycles. The lowest BCUT2D eigenvalue weighted by molar-refractivity contribution is -0.147. The van der Waals surface area contributed by atoms with Gasteiger partial charge in [-0.15, -0.1) is 0 Å². The van der Waals surface area contributed by atoms with E-state index in [1.165, 1.54) is 18.0 Å². The van der Waals surface area contributed by atoms with Gasteiger partial charge in [-0.25, -0.2) is 8.42 Å². The van der Waals surface area contributed by atoms with Crippen LogP contribution < -0.4 is 14.8 Å². The van der Waals surface area contributed by atoms with Crippen LogP contribution in [0.5, 0.6) is 5.75 Å². The first-order chi connectivity index (χ1) is 13.2. The molecule has 2 aromatic rings. The molecule has 1 amide bonds. The average Bonchev–Trinajstić information content (AvgIpc) is 3.12. The molecule has 28 heavy (non-hydrogen) atoms. The van der Waals surface area contributed by atoms with Gasteiger partial charge in [0.2, 0.25) is 10.0 Å². The van der Waals surface area contributed by atoms with Crippen LogP contribution in [0.3, 0.4) is 0 Å². The number of sulfonamides is 1. The number of ether oxygens (including phenoxy) is 2. The SMILES string of the molecule is COc1ccccc1C(C)NC(=O)COC(=O)CNS(=O)(=O)c1cnn(C)c1. The summed E-state index contributed by atoms with van der Waals surface area (Å²) in [6.45, 7) is 0.624. The number of carbonyl (C=O) groups excluding carboxylic acids is 2. The van der Waals surface area contributed by atoms with Crippen molar-refractivity contribution in [2.24, 2.45) is 7.05 Å². The molecule has 0 spiro atoms. The molecule has 2 N–H and O–H groups in total. The molecule has 0 bridgehead atoms. The van der Waals surface area contributed by atoms with Crippen LogP contribution in [0, 0.1) is 0 Å². The highest BCUT2D eigenvalue weighted by Crippen LogP contribution is 2.24. The van der Waals surface area contributed by atoms with E-state index in [9.17, 15) is 18.0 Å². The number of rotatable bonds is 9. The Morgan fingerprint density at radius 3 is 2.64 bits per heavy atom. The second-order valence-corrected chi connectivity index (χ2v) is 7.63. The first kappa shape index (κ1) is 21.4. The number of methoxy groups -OCH3 is 1. The van der Waals surface area contributed by atoms with Crippen LogP contribution in [0.4, 0.5) is 0 Å². The van der Waals surface area contributed by atoms with Gasteiger partial charge in [0.1, 0.15) is 17.2 Å². The monoisotopic (exact) mass is 410 g/mol. The molecule has 2 rings (SSSR count). The van der Waals surface area contributed by atoms with Gasteiger partial charge in [0, 0.05) is 18.8 Å². The maximum atomic E-state index is 12.0. The van der Waals surface area contributed by atoms with E-state index in [2.05, 4.69) is 15.1 Å². The Bertz CT molecular complexity index is 941. The van der Waals surface area contributed by atoms with Crippen molar-refractivity contribution >= 4 is 21.9 Å². The van der Waals surface area contributed by atoms with Gasteiger partial charge in [0.05, 0.1) is 19.3 Å². The van der Waals surface area contributed by atoms with E-state index in [1.54, 1.807) is 20.0 Å². The maximum absolute atomic E-state index is 12.0. The third-order valence-corrected chi connectivity index (χ3v) is 5.10. The summed E-state index contributed by atoms with van der Waals surface area (Å²) in [6, 6.07) is 6.83.